The molecule has 0 radical (unpaired) electrons. The number of ether oxygens (including phenoxy) is 1. The molecule has 2 aromatic rings. The van der Waals surface area contributed by atoms with E-state index in [0.29, 0.717) is 6.61 Å². The molecule has 0 saturated carbocycles. The molecule has 0 atom stereocenters. The van der Waals surface area contributed by atoms with Gasteiger partial charge in [0, 0.05) is 12.2 Å². The zero-order valence-electron chi connectivity index (χ0n) is 13.4. The highest BCUT2D eigenvalue weighted by molar-refractivity contribution is 5.44. The highest BCUT2D eigenvalue weighted by atomic mass is 16.5. The van der Waals surface area contributed by atoms with E-state index >= 15 is 0 Å². The molecule has 0 spiro atoms. The van der Waals surface area contributed by atoms with Gasteiger partial charge in [-0.2, -0.15) is 0 Å². The van der Waals surface area contributed by atoms with Gasteiger partial charge >= 0.3 is 0 Å². The average molecular weight is 283 g/mol. The third-order valence-electron chi connectivity index (χ3n) is 3.44. The van der Waals surface area contributed by atoms with E-state index in [1.807, 2.05) is 12.1 Å². The minimum Gasteiger partial charge on any atom is -0.491 e. The van der Waals surface area contributed by atoms with E-state index in [2.05, 4.69) is 69.4 Å². The summed E-state index contributed by atoms with van der Waals surface area (Å²) in [5.41, 5.74) is 3.76. The van der Waals surface area contributed by atoms with E-state index in [4.69, 9.17) is 4.74 Å². The van der Waals surface area contributed by atoms with E-state index < -0.39 is 0 Å². The molecule has 0 aliphatic heterocycles. The summed E-state index contributed by atoms with van der Waals surface area (Å²) in [5.74, 6) is 0.982. The van der Waals surface area contributed by atoms with Crippen LogP contribution in [0.4, 0.5) is 5.69 Å². The maximum absolute atomic E-state index is 5.95. The molecular formula is C19H25NO. The Morgan fingerprint density at radius 3 is 2.29 bits per heavy atom. The van der Waals surface area contributed by atoms with E-state index in [0.717, 1.165) is 18.0 Å². The first-order valence-electron chi connectivity index (χ1n) is 7.50. The van der Waals surface area contributed by atoms with Crippen molar-refractivity contribution in [3.63, 3.8) is 0 Å². The van der Waals surface area contributed by atoms with Crippen molar-refractivity contribution >= 4 is 5.69 Å². The molecule has 2 nitrogen and oxygen atoms in total. The van der Waals surface area contributed by atoms with Crippen LogP contribution >= 0.6 is 0 Å². The van der Waals surface area contributed by atoms with Gasteiger partial charge in [0.25, 0.3) is 0 Å². The topological polar surface area (TPSA) is 21.3 Å². The molecule has 0 bridgehead atoms. The summed E-state index contributed by atoms with van der Waals surface area (Å²) in [6, 6.07) is 16.7. The minimum atomic E-state index is 0.0982. The Kier molecular flexibility index (Phi) is 4.89. The third kappa shape index (κ3) is 4.52. The molecule has 2 heteroatoms. The molecule has 2 aromatic carbocycles. The number of aryl methyl sites for hydroxylation is 1. The summed E-state index contributed by atoms with van der Waals surface area (Å²) in [5, 5.41) is 3.38. The van der Waals surface area contributed by atoms with Crippen molar-refractivity contribution < 1.29 is 4.74 Å². The molecule has 0 saturated heterocycles. The quantitative estimate of drug-likeness (QED) is 0.797. The summed E-state index contributed by atoms with van der Waals surface area (Å²) in [7, 11) is 0. The SMILES string of the molecule is Cc1ccc(NCCOc2ccccc2C(C)(C)C)cc1. The van der Waals surface area contributed by atoms with Crippen LogP contribution < -0.4 is 10.1 Å². The third-order valence-corrected chi connectivity index (χ3v) is 3.44. The molecule has 2 rings (SSSR count). The Balaban J connectivity index is 1.88. The van der Waals surface area contributed by atoms with Crippen molar-refractivity contribution in [3.8, 4) is 5.75 Å². The second-order valence-corrected chi connectivity index (χ2v) is 6.39. The second kappa shape index (κ2) is 6.66. The van der Waals surface area contributed by atoms with Crippen molar-refractivity contribution in [2.75, 3.05) is 18.5 Å². The average Bonchev–Trinajstić information content (AvgIpc) is 2.45. The van der Waals surface area contributed by atoms with E-state index in [1.165, 1.54) is 11.1 Å². The largest absolute Gasteiger partial charge is 0.491 e. The molecule has 0 aliphatic carbocycles. The fourth-order valence-corrected chi connectivity index (χ4v) is 2.24. The van der Waals surface area contributed by atoms with Crippen LogP contribution in [0.1, 0.15) is 31.9 Å². The molecule has 1 N–H and O–H groups in total. The van der Waals surface area contributed by atoms with Gasteiger partial charge in [0.1, 0.15) is 12.4 Å². The van der Waals surface area contributed by atoms with Crippen LogP contribution in [-0.2, 0) is 5.41 Å². The Hall–Kier alpha value is -1.96. The predicted molar refractivity (Wildman–Crippen MR) is 90.3 cm³/mol. The van der Waals surface area contributed by atoms with E-state index in [-0.39, 0.29) is 5.41 Å². The number of rotatable bonds is 5. The molecular weight excluding hydrogens is 258 g/mol. The highest BCUT2D eigenvalue weighted by Crippen LogP contribution is 2.30. The normalized spacial score (nSPS) is 11.2. The van der Waals surface area contributed by atoms with Gasteiger partial charge < -0.3 is 10.1 Å². The van der Waals surface area contributed by atoms with Crippen LogP contribution in [-0.4, -0.2) is 13.2 Å². The first-order chi connectivity index (χ1) is 9.97. The van der Waals surface area contributed by atoms with Crippen LogP contribution in [0.3, 0.4) is 0 Å². The monoisotopic (exact) mass is 283 g/mol. The van der Waals surface area contributed by atoms with Gasteiger partial charge in [0.05, 0.1) is 0 Å². The number of nitrogens with one attached hydrogen (secondary N) is 1. The van der Waals surface area contributed by atoms with Crippen LogP contribution in [0.15, 0.2) is 48.5 Å². The van der Waals surface area contributed by atoms with Gasteiger partial charge in [-0.25, -0.2) is 0 Å². The minimum absolute atomic E-state index is 0.0982. The summed E-state index contributed by atoms with van der Waals surface area (Å²) >= 11 is 0. The Bertz CT molecular complexity index is 567. The molecule has 0 unspecified atom stereocenters. The maximum atomic E-state index is 5.95. The van der Waals surface area contributed by atoms with Crippen LogP contribution in [0, 0.1) is 6.92 Å². The lowest BCUT2D eigenvalue weighted by molar-refractivity contribution is 0.323. The van der Waals surface area contributed by atoms with E-state index in [9.17, 15) is 0 Å². The van der Waals surface area contributed by atoms with Crippen molar-refractivity contribution in [2.24, 2.45) is 0 Å². The molecule has 21 heavy (non-hydrogen) atoms. The zero-order chi connectivity index (χ0) is 15.3. The lowest BCUT2D eigenvalue weighted by Crippen LogP contribution is -2.16. The highest BCUT2D eigenvalue weighted by Gasteiger charge is 2.18. The Morgan fingerprint density at radius 2 is 1.62 bits per heavy atom. The number of anilines is 1. The van der Waals surface area contributed by atoms with Crippen molar-refractivity contribution in [2.45, 2.75) is 33.1 Å². The summed E-state index contributed by atoms with van der Waals surface area (Å²) in [6.07, 6.45) is 0. The Labute approximate surface area is 128 Å². The van der Waals surface area contributed by atoms with Gasteiger partial charge in [-0.05, 0) is 36.1 Å². The predicted octanol–water partition coefficient (Wildman–Crippen LogP) is 4.78. The van der Waals surface area contributed by atoms with Crippen molar-refractivity contribution in [1.82, 2.24) is 0 Å². The Morgan fingerprint density at radius 1 is 0.952 bits per heavy atom. The van der Waals surface area contributed by atoms with Crippen LogP contribution in [0.25, 0.3) is 0 Å². The van der Waals surface area contributed by atoms with Crippen molar-refractivity contribution in [1.29, 1.82) is 0 Å². The smallest absolute Gasteiger partial charge is 0.123 e. The standard InChI is InChI=1S/C19H25NO/c1-15-9-11-16(12-10-15)20-13-14-21-18-8-6-5-7-17(18)19(2,3)4/h5-12,20H,13-14H2,1-4H3. The number of benzene rings is 2. The molecule has 0 fully saturated rings. The summed E-state index contributed by atoms with van der Waals surface area (Å²) in [4.78, 5) is 0. The number of hydrogen-bond acceptors (Lipinski definition) is 2. The summed E-state index contributed by atoms with van der Waals surface area (Å²) < 4.78 is 5.95. The van der Waals surface area contributed by atoms with Gasteiger partial charge in [-0.1, -0.05) is 56.7 Å². The lowest BCUT2D eigenvalue weighted by Gasteiger charge is -2.22. The number of para-hydroxylation sites is 1. The summed E-state index contributed by atoms with van der Waals surface area (Å²) in [6.45, 7) is 10.2. The molecule has 0 heterocycles. The van der Waals surface area contributed by atoms with Gasteiger partial charge in [-0.3, -0.25) is 0 Å². The molecule has 112 valence electrons. The van der Waals surface area contributed by atoms with Crippen LogP contribution in [0.5, 0.6) is 5.75 Å². The van der Waals surface area contributed by atoms with Gasteiger partial charge in [0.15, 0.2) is 0 Å². The van der Waals surface area contributed by atoms with Gasteiger partial charge in [-0.15, -0.1) is 0 Å². The van der Waals surface area contributed by atoms with Gasteiger partial charge in [0.2, 0.25) is 0 Å². The first-order valence-corrected chi connectivity index (χ1v) is 7.50. The fourth-order valence-electron chi connectivity index (χ4n) is 2.24. The second-order valence-electron chi connectivity index (χ2n) is 6.39. The molecule has 0 aromatic heterocycles. The maximum Gasteiger partial charge on any atom is 0.123 e. The van der Waals surface area contributed by atoms with E-state index in [1.54, 1.807) is 0 Å². The zero-order valence-corrected chi connectivity index (χ0v) is 13.4. The lowest BCUT2D eigenvalue weighted by atomic mass is 9.86. The van der Waals surface area contributed by atoms with Crippen molar-refractivity contribution in [3.05, 3.63) is 59.7 Å². The molecule has 0 amide bonds. The molecule has 0 aliphatic rings. The first kappa shape index (κ1) is 15.4. The van der Waals surface area contributed by atoms with Crippen LogP contribution in [0.2, 0.25) is 0 Å². The number of hydrogen-bond donors (Lipinski definition) is 1. The fraction of sp³-hybridized carbons (Fsp3) is 0.368.